The number of hydrogen-bond donors (Lipinski definition) is 1. The summed E-state index contributed by atoms with van der Waals surface area (Å²) in [6.07, 6.45) is 2.13. The van der Waals surface area contributed by atoms with Gasteiger partial charge in [-0.3, -0.25) is 4.79 Å². The highest BCUT2D eigenvalue weighted by atomic mass is 16.1. The first-order valence-corrected chi connectivity index (χ1v) is 5.53. The van der Waals surface area contributed by atoms with Crippen LogP contribution in [0.1, 0.15) is 23.2 Å². The lowest BCUT2D eigenvalue weighted by molar-refractivity contribution is -0.861. The number of rotatable bonds is 2. The number of benzene rings is 1. The number of hydrogen-bond acceptors (Lipinski definition) is 1. The van der Waals surface area contributed by atoms with Gasteiger partial charge in [0, 0.05) is 5.56 Å². The highest BCUT2D eigenvalue weighted by Crippen LogP contribution is 2.14. The second-order valence-corrected chi connectivity index (χ2v) is 4.27. The third kappa shape index (κ3) is 2.45. The molecule has 0 amide bonds. The van der Waals surface area contributed by atoms with E-state index in [2.05, 4.69) is 7.05 Å². The van der Waals surface area contributed by atoms with E-state index in [4.69, 9.17) is 0 Å². The van der Waals surface area contributed by atoms with E-state index in [1.807, 2.05) is 30.3 Å². The van der Waals surface area contributed by atoms with Gasteiger partial charge in [-0.05, 0) is 12.8 Å². The molecule has 0 saturated carbocycles. The van der Waals surface area contributed by atoms with Crippen LogP contribution in [0.25, 0.3) is 0 Å². The summed E-state index contributed by atoms with van der Waals surface area (Å²) in [7, 11) is 3.99. The maximum absolute atomic E-state index is 12.1. The van der Waals surface area contributed by atoms with Crippen molar-refractivity contribution >= 4 is 5.78 Å². The molecule has 2 heteroatoms. The molecule has 1 aliphatic heterocycles. The van der Waals surface area contributed by atoms with E-state index in [-0.39, 0.29) is 11.7 Å². The minimum atomic E-state index is 0.175. The molecule has 0 aliphatic carbocycles. The van der Waals surface area contributed by atoms with Crippen LogP contribution in [0.2, 0.25) is 0 Å². The molecule has 0 bridgehead atoms. The monoisotopic (exact) mass is 203 g/mol. The Balaban J connectivity index is 2.08. The fourth-order valence-corrected chi connectivity index (χ4v) is 2.21. The Morgan fingerprint density at radius 3 is 2.73 bits per heavy atom. The SMILES string of the molecule is [CH2-][NH+]1CCCC(C(=O)c2ccccc2)C1. The molecule has 1 aromatic carbocycles. The van der Waals surface area contributed by atoms with E-state index >= 15 is 0 Å². The molecule has 2 unspecified atom stereocenters. The largest absolute Gasteiger partial charge is 0.467 e. The number of Topliss-reactive ketones (excluding diaryl/α,β-unsaturated/α-hetero) is 1. The van der Waals surface area contributed by atoms with E-state index < -0.39 is 0 Å². The molecule has 0 spiro atoms. The van der Waals surface area contributed by atoms with Crippen molar-refractivity contribution in [3.8, 4) is 0 Å². The lowest BCUT2D eigenvalue weighted by atomic mass is 9.90. The van der Waals surface area contributed by atoms with Gasteiger partial charge in [0.05, 0.1) is 19.0 Å². The molecular formula is C13H17NO. The third-order valence-corrected chi connectivity index (χ3v) is 3.05. The van der Waals surface area contributed by atoms with Crippen LogP contribution in [0.4, 0.5) is 0 Å². The van der Waals surface area contributed by atoms with Crippen molar-refractivity contribution in [3.05, 3.63) is 42.9 Å². The van der Waals surface area contributed by atoms with E-state index in [1.165, 1.54) is 4.90 Å². The van der Waals surface area contributed by atoms with Crippen LogP contribution < -0.4 is 4.90 Å². The Morgan fingerprint density at radius 1 is 1.33 bits per heavy atom. The van der Waals surface area contributed by atoms with Crippen molar-refractivity contribution in [1.82, 2.24) is 0 Å². The summed E-state index contributed by atoms with van der Waals surface area (Å²) in [6, 6.07) is 9.59. The van der Waals surface area contributed by atoms with Crippen molar-refractivity contribution in [2.75, 3.05) is 13.1 Å². The summed E-state index contributed by atoms with van der Waals surface area (Å²) < 4.78 is 0. The quantitative estimate of drug-likeness (QED) is 0.561. The van der Waals surface area contributed by atoms with Crippen LogP contribution in [0.3, 0.4) is 0 Å². The molecule has 2 atom stereocenters. The lowest BCUT2D eigenvalue weighted by Crippen LogP contribution is -3.08. The summed E-state index contributed by atoms with van der Waals surface area (Å²) in [5, 5.41) is 0. The average molecular weight is 203 g/mol. The maximum Gasteiger partial charge on any atom is 0.171 e. The minimum absolute atomic E-state index is 0.175. The van der Waals surface area contributed by atoms with Crippen molar-refractivity contribution in [1.29, 1.82) is 0 Å². The number of carbonyl (C=O) groups excluding carboxylic acids is 1. The number of quaternary nitrogens is 1. The number of piperidine rings is 1. The van der Waals surface area contributed by atoms with E-state index in [1.54, 1.807) is 0 Å². The number of nitrogens with one attached hydrogen (secondary N) is 1. The second kappa shape index (κ2) is 4.58. The summed E-state index contributed by atoms with van der Waals surface area (Å²) in [5.74, 6) is 0.463. The summed E-state index contributed by atoms with van der Waals surface area (Å²) in [6.45, 7) is 1.98. The van der Waals surface area contributed by atoms with Gasteiger partial charge in [0.1, 0.15) is 0 Å². The van der Waals surface area contributed by atoms with E-state index in [0.717, 1.165) is 31.5 Å². The zero-order valence-electron chi connectivity index (χ0n) is 8.91. The van der Waals surface area contributed by atoms with Crippen LogP contribution in [0.5, 0.6) is 0 Å². The Bertz CT molecular complexity index is 334. The van der Waals surface area contributed by atoms with Crippen LogP contribution in [0, 0.1) is 13.0 Å². The van der Waals surface area contributed by atoms with Gasteiger partial charge >= 0.3 is 0 Å². The standard InChI is InChI=1S/C13H17NO/c1-14-9-5-8-12(10-14)13(15)11-6-3-2-4-7-11/h2-4,6-7,12,14H,1,5,8-10H2. The van der Waals surface area contributed by atoms with Gasteiger partial charge in [-0.15, -0.1) is 0 Å². The molecule has 1 N–H and O–H groups in total. The molecule has 1 saturated heterocycles. The van der Waals surface area contributed by atoms with Gasteiger partial charge in [-0.1, -0.05) is 30.3 Å². The summed E-state index contributed by atoms with van der Waals surface area (Å²) in [4.78, 5) is 13.3. The molecule has 1 aliphatic rings. The van der Waals surface area contributed by atoms with Crippen LogP contribution in [0.15, 0.2) is 30.3 Å². The first kappa shape index (κ1) is 10.4. The normalized spacial score (nSPS) is 26.2. The van der Waals surface area contributed by atoms with Gasteiger partial charge in [-0.25, -0.2) is 0 Å². The zero-order chi connectivity index (χ0) is 10.7. The fourth-order valence-electron chi connectivity index (χ4n) is 2.21. The Hall–Kier alpha value is -1.15. The van der Waals surface area contributed by atoms with Gasteiger partial charge in [0.15, 0.2) is 5.78 Å². The topological polar surface area (TPSA) is 21.5 Å². The van der Waals surface area contributed by atoms with Gasteiger partial charge < -0.3 is 4.90 Å². The number of ketones is 1. The lowest BCUT2D eigenvalue weighted by Gasteiger charge is -2.30. The molecular weight excluding hydrogens is 186 g/mol. The summed E-state index contributed by atoms with van der Waals surface area (Å²) in [5.41, 5.74) is 0.845. The highest BCUT2D eigenvalue weighted by Gasteiger charge is 2.25. The number of likely N-dealkylation sites (tertiary alicyclic amines) is 1. The predicted octanol–water partition coefficient (Wildman–Crippen LogP) is 0.956. The van der Waals surface area contributed by atoms with Crippen LogP contribution in [-0.4, -0.2) is 18.9 Å². The van der Waals surface area contributed by atoms with Crippen molar-refractivity contribution in [2.45, 2.75) is 12.8 Å². The summed E-state index contributed by atoms with van der Waals surface area (Å²) >= 11 is 0. The van der Waals surface area contributed by atoms with Crippen LogP contribution >= 0.6 is 0 Å². The Labute approximate surface area is 90.9 Å². The average Bonchev–Trinajstić information content (AvgIpc) is 2.29. The first-order valence-electron chi connectivity index (χ1n) is 5.53. The van der Waals surface area contributed by atoms with Gasteiger partial charge in [0.2, 0.25) is 0 Å². The molecule has 1 heterocycles. The molecule has 1 fully saturated rings. The van der Waals surface area contributed by atoms with Gasteiger partial charge in [-0.2, -0.15) is 7.05 Å². The number of carbonyl (C=O) groups is 1. The van der Waals surface area contributed by atoms with Crippen LogP contribution in [-0.2, 0) is 0 Å². The van der Waals surface area contributed by atoms with Gasteiger partial charge in [0.25, 0.3) is 0 Å². The molecule has 0 radical (unpaired) electrons. The smallest absolute Gasteiger partial charge is 0.171 e. The Morgan fingerprint density at radius 2 is 2.07 bits per heavy atom. The predicted molar refractivity (Wildman–Crippen MR) is 59.6 cm³/mol. The van der Waals surface area contributed by atoms with E-state index in [9.17, 15) is 4.79 Å². The highest BCUT2D eigenvalue weighted by molar-refractivity contribution is 5.97. The molecule has 2 nitrogen and oxygen atoms in total. The van der Waals surface area contributed by atoms with Crippen molar-refractivity contribution in [2.24, 2.45) is 5.92 Å². The minimum Gasteiger partial charge on any atom is -0.467 e. The molecule has 1 aromatic rings. The third-order valence-electron chi connectivity index (χ3n) is 3.05. The fraction of sp³-hybridized carbons (Fsp3) is 0.385. The molecule has 80 valence electrons. The maximum atomic E-state index is 12.1. The van der Waals surface area contributed by atoms with Crippen molar-refractivity contribution in [3.63, 3.8) is 0 Å². The first-order chi connectivity index (χ1) is 7.27. The van der Waals surface area contributed by atoms with E-state index in [0.29, 0.717) is 0 Å². The Kier molecular flexibility index (Phi) is 3.17. The van der Waals surface area contributed by atoms with Crippen molar-refractivity contribution < 1.29 is 9.69 Å². The molecule has 15 heavy (non-hydrogen) atoms. The molecule has 0 aromatic heterocycles. The molecule has 2 rings (SSSR count). The zero-order valence-corrected chi connectivity index (χ0v) is 8.91. The second-order valence-electron chi connectivity index (χ2n) is 4.27.